The van der Waals surface area contributed by atoms with Crippen LogP contribution in [0.5, 0.6) is 0 Å². The number of hydrogen-bond acceptors (Lipinski definition) is 3. The number of aliphatic carboxylic acids is 1. The van der Waals surface area contributed by atoms with Gasteiger partial charge in [0.2, 0.25) is 0 Å². The molecule has 1 aliphatic rings. The normalized spacial score (nSPS) is 19.3. The van der Waals surface area contributed by atoms with Crippen molar-refractivity contribution in [3.8, 4) is 0 Å². The fourth-order valence-corrected chi connectivity index (χ4v) is 2.72. The number of rotatable bonds is 3. The van der Waals surface area contributed by atoms with E-state index < -0.39 is 23.8 Å². The Morgan fingerprint density at radius 3 is 2.79 bits per heavy atom. The standard InChI is InChI=1S/C12H10F3NO2S/c13-12(14,15)8-3-1-2-7(4-8)5-10-16-9(6-19-10)11(17)18/h1-4,9H,5-6H2,(H,17,18)/t9-/m0/s1. The first-order chi connectivity index (χ1) is 8.86. The van der Waals surface area contributed by atoms with Crippen LogP contribution in [0.1, 0.15) is 11.1 Å². The molecule has 1 atom stereocenters. The lowest BCUT2D eigenvalue weighted by atomic mass is 10.1. The largest absolute Gasteiger partial charge is 0.480 e. The van der Waals surface area contributed by atoms with Gasteiger partial charge in [-0.05, 0) is 11.6 Å². The van der Waals surface area contributed by atoms with Crippen LogP contribution < -0.4 is 0 Å². The minimum atomic E-state index is -4.37. The van der Waals surface area contributed by atoms with Gasteiger partial charge in [0.25, 0.3) is 0 Å². The Bertz CT molecular complexity index is 528. The molecule has 7 heteroatoms. The number of carbonyl (C=O) groups is 1. The van der Waals surface area contributed by atoms with Crippen LogP contribution in [0.2, 0.25) is 0 Å². The summed E-state index contributed by atoms with van der Waals surface area (Å²) in [5, 5.41) is 9.34. The smallest absolute Gasteiger partial charge is 0.416 e. The van der Waals surface area contributed by atoms with Gasteiger partial charge >= 0.3 is 12.1 Å². The van der Waals surface area contributed by atoms with Gasteiger partial charge in [0.1, 0.15) is 0 Å². The zero-order valence-corrected chi connectivity index (χ0v) is 10.5. The van der Waals surface area contributed by atoms with Crippen molar-refractivity contribution < 1.29 is 23.1 Å². The lowest BCUT2D eigenvalue weighted by molar-refractivity contribution is -0.138. The van der Waals surface area contributed by atoms with Crippen LogP contribution in [0, 0.1) is 0 Å². The van der Waals surface area contributed by atoms with Crippen molar-refractivity contribution in [2.45, 2.75) is 18.6 Å². The van der Waals surface area contributed by atoms with Gasteiger partial charge in [0.15, 0.2) is 6.04 Å². The molecule has 1 heterocycles. The molecule has 0 bridgehead atoms. The van der Waals surface area contributed by atoms with Gasteiger partial charge in [0, 0.05) is 12.2 Å². The second-order valence-corrected chi connectivity index (χ2v) is 5.16. The Balaban J connectivity index is 2.12. The van der Waals surface area contributed by atoms with Crippen molar-refractivity contribution in [2.24, 2.45) is 4.99 Å². The molecule has 3 nitrogen and oxygen atoms in total. The number of carboxylic acids is 1. The Hall–Kier alpha value is -1.50. The molecular weight excluding hydrogens is 279 g/mol. The van der Waals surface area contributed by atoms with E-state index in [1.54, 1.807) is 6.07 Å². The molecular formula is C12H10F3NO2S. The highest BCUT2D eigenvalue weighted by atomic mass is 32.2. The number of alkyl halides is 3. The quantitative estimate of drug-likeness (QED) is 0.931. The topological polar surface area (TPSA) is 49.7 Å². The number of thioether (sulfide) groups is 1. The predicted octanol–water partition coefficient (Wildman–Crippen LogP) is 2.85. The van der Waals surface area contributed by atoms with Crippen LogP contribution in [0.4, 0.5) is 13.2 Å². The van der Waals surface area contributed by atoms with Gasteiger partial charge in [-0.25, -0.2) is 4.79 Å². The van der Waals surface area contributed by atoms with Crippen LogP contribution in [-0.2, 0) is 17.4 Å². The third kappa shape index (κ3) is 3.50. The van der Waals surface area contributed by atoms with Crippen molar-refractivity contribution in [3.63, 3.8) is 0 Å². The SMILES string of the molecule is O=C(O)[C@@H]1CSC(Cc2cccc(C(F)(F)F)c2)=N1. The fourth-order valence-electron chi connectivity index (χ4n) is 1.68. The summed E-state index contributed by atoms with van der Waals surface area (Å²) in [6, 6.07) is 4.20. The second kappa shape index (κ2) is 5.24. The van der Waals surface area contributed by atoms with E-state index in [-0.39, 0.29) is 6.42 Å². The first kappa shape index (κ1) is 13.9. The minimum Gasteiger partial charge on any atom is -0.480 e. The molecule has 0 spiro atoms. The Morgan fingerprint density at radius 2 is 2.21 bits per heavy atom. The molecule has 102 valence electrons. The zero-order chi connectivity index (χ0) is 14.0. The third-order valence-corrected chi connectivity index (χ3v) is 3.67. The summed E-state index contributed by atoms with van der Waals surface area (Å²) in [7, 11) is 0. The molecule has 19 heavy (non-hydrogen) atoms. The minimum absolute atomic E-state index is 0.234. The maximum atomic E-state index is 12.5. The summed E-state index contributed by atoms with van der Waals surface area (Å²) in [6.45, 7) is 0. The summed E-state index contributed by atoms with van der Waals surface area (Å²) in [5.41, 5.74) is -0.226. The highest BCUT2D eigenvalue weighted by Crippen LogP contribution is 2.30. The molecule has 1 aliphatic heterocycles. The van der Waals surface area contributed by atoms with Gasteiger partial charge in [-0.3, -0.25) is 4.99 Å². The number of nitrogens with zero attached hydrogens (tertiary/aromatic N) is 1. The van der Waals surface area contributed by atoms with Gasteiger partial charge < -0.3 is 5.11 Å². The van der Waals surface area contributed by atoms with Crippen molar-refractivity contribution in [1.29, 1.82) is 0 Å². The van der Waals surface area contributed by atoms with Gasteiger partial charge in [-0.1, -0.05) is 18.2 Å². The van der Waals surface area contributed by atoms with Crippen molar-refractivity contribution >= 4 is 22.8 Å². The molecule has 0 aliphatic carbocycles. The van der Waals surface area contributed by atoms with E-state index in [1.807, 2.05) is 0 Å². The summed E-state index contributed by atoms with van der Waals surface area (Å²) in [6.07, 6.45) is -4.14. The van der Waals surface area contributed by atoms with Crippen LogP contribution >= 0.6 is 11.8 Å². The lowest BCUT2D eigenvalue weighted by Gasteiger charge is -2.08. The summed E-state index contributed by atoms with van der Waals surface area (Å²) in [5.74, 6) is -0.671. The van der Waals surface area contributed by atoms with Crippen molar-refractivity contribution in [3.05, 3.63) is 35.4 Å². The molecule has 0 saturated heterocycles. The molecule has 0 unspecified atom stereocenters. The molecule has 1 N–H and O–H groups in total. The highest BCUT2D eigenvalue weighted by Gasteiger charge is 2.30. The fraction of sp³-hybridized carbons (Fsp3) is 0.333. The average Bonchev–Trinajstić information content (AvgIpc) is 2.77. The molecule has 0 saturated carbocycles. The highest BCUT2D eigenvalue weighted by molar-refractivity contribution is 8.14. The third-order valence-electron chi connectivity index (χ3n) is 2.60. The van der Waals surface area contributed by atoms with Crippen molar-refractivity contribution in [2.75, 3.05) is 5.75 Å². The van der Waals surface area contributed by atoms with E-state index in [1.165, 1.54) is 17.8 Å². The van der Waals surface area contributed by atoms with Crippen LogP contribution in [-0.4, -0.2) is 27.9 Å². The van der Waals surface area contributed by atoms with Crippen LogP contribution in [0.25, 0.3) is 0 Å². The van der Waals surface area contributed by atoms with Crippen molar-refractivity contribution in [1.82, 2.24) is 0 Å². The Kier molecular flexibility index (Phi) is 3.84. The molecule has 0 radical (unpaired) electrons. The van der Waals surface area contributed by atoms with E-state index in [2.05, 4.69) is 4.99 Å². The number of carboxylic acid groups (broad SMARTS) is 1. The Morgan fingerprint density at radius 1 is 1.47 bits per heavy atom. The predicted molar refractivity (Wildman–Crippen MR) is 66.5 cm³/mol. The van der Waals surface area contributed by atoms with Gasteiger partial charge in [-0.15, -0.1) is 11.8 Å². The summed E-state index contributed by atoms with van der Waals surface area (Å²) in [4.78, 5) is 14.7. The molecule has 1 aromatic carbocycles. The Labute approximate surface area is 111 Å². The van der Waals surface area contributed by atoms with Crippen LogP contribution in [0.15, 0.2) is 29.3 Å². The first-order valence-electron chi connectivity index (χ1n) is 5.44. The molecule has 1 aromatic rings. The number of aliphatic imine (C=N–C) groups is 1. The molecule has 2 rings (SSSR count). The maximum absolute atomic E-state index is 12.5. The molecule has 0 aromatic heterocycles. The van der Waals surface area contributed by atoms with E-state index in [0.29, 0.717) is 16.4 Å². The summed E-state index contributed by atoms with van der Waals surface area (Å²) < 4.78 is 37.6. The van der Waals surface area contributed by atoms with E-state index >= 15 is 0 Å². The monoisotopic (exact) mass is 289 g/mol. The van der Waals surface area contributed by atoms with Gasteiger partial charge in [0.05, 0.1) is 10.6 Å². The maximum Gasteiger partial charge on any atom is 0.416 e. The first-order valence-corrected chi connectivity index (χ1v) is 6.43. The zero-order valence-electron chi connectivity index (χ0n) is 9.65. The lowest BCUT2D eigenvalue weighted by Crippen LogP contribution is -2.17. The second-order valence-electron chi connectivity index (χ2n) is 4.06. The number of hydrogen-bond donors (Lipinski definition) is 1. The average molecular weight is 289 g/mol. The van der Waals surface area contributed by atoms with Gasteiger partial charge in [-0.2, -0.15) is 13.2 Å². The van der Waals surface area contributed by atoms with Crippen LogP contribution in [0.3, 0.4) is 0 Å². The summed E-state index contributed by atoms with van der Waals surface area (Å²) >= 11 is 1.27. The number of halogens is 3. The molecule has 0 amide bonds. The molecule has 0 fully saturated rings. The van der Waals surface area contributed by atoms with E-state index in [9.17, 15) is 18.0 Å². The van der Waals surface area contributed by atoms with E-state index in [0.717, 1.165) is 12.1 Å². The number of benzene rings is 1. The van der Waals surface area contributed by atoms with E-state index in [4.69, 9.17) is 5.11 Å².